The quantitative estimate of drug-likeness (QED) is 0.473. The molecular weight excluding hydrogens is 456 g/mol. The maximum Gasteiger partial charge on any atom is 0.268 e. The molecule has 0 saturated carbocycles. The summed E-state index contributed by atoms with van der Waals surface area (Å²) < 4.78 is 44.2. The number of anilines is 1. The van der Waals surface area contributed by atoms with E-state index in [9.17, 15) is 13.2 Å². The topological polar surface area (TPSA) is 94.2 Å². The number of hydrogen-bond donors (Lipinski definition) is 1. The lowest BCUT2D eigenvalue weighted by atomic mass is 10.2. The standard InChI is InChI=1S/C25H28N2O6S/c1-18-10-12-22(32-3)24(14-18)34(29,30)27(20-8-6-5-7-9-20)17-25(28)26-16-19-11-13-21(31-2)23(15-19)33-4/h5-15H,16-17H2,1-4H3,(H,26,28). The van der Waals surface area contributed by atoms with Crippen LogP contribution in [0, 0.1) is 6.92 Å². The number of ether oxygens (including phenoxy) is 3. The molecule has 8 nitrogen and oxygen atoms in total. The van der Waals surface area contributed by atoms with Crippen LogP contribution in [0.3, 0.4) is 0 Å². The van der Waals surface area contributed by atoms with Gasteiger partial charge in [-0.25, -0.2) is 8.42 Å². The van der Waals surface area contributed by atoms with Crippen LogP contribution in [0.4, 0.5) is 5.69 Å². The molecule has 0 aliphatic carbocycles. The highest BCUT2D eigenvalue weighted by Gasteiger charge is 2.30. The van der Waals surface area contributed by atoms with E-state index >= 15 is 0 Å². The second kappa shape index (κ2) is 10.9. The third-order valence-corrected chi connectivity index (χ3v) is 6.95. The summed E-state index contributed by atoms with van der Waals surface area (Å²) in [5.41, 5.74) is 1.90. The number of amides is 1. The molecule has 3 rings (SSSR count). The van der Waals surface area contributed by atoms with Crippen LogP contribution in [0.15, 0.2) is 71.6 Å². The predicted octanol–water partition coefficient (Wildman–Crippen LogP) is 3.53. The monoisotopic (exact) mass is 484 g/mol. The minimum atomic E-state index is -4.11. The van der Waals surface area contributed by atoms with Crippen molar-refractivity contribution in [2.24, 2.45) is 0 Å². The number of aryl methyl sites for hydroxylation is 1. The maximum absolute atomic E-state index is 13.7. The Bertz CT molecular complexity index is 1250. The normalized spacial score (nSPS) is 10.9. The van der Waals surface area contributed by atoms with Crippen molar-refractivity contribution in [1.29, 1.82) is 0 Å². The molecule has 0 unspecified atom stereocenters. The molecule has 1 amide bonds. The van der Waals surface area contributed by atoms with Crippen molar-refractivity contribution < 1.29 is 27.4 Å². The van der Waals surface area contributed by atoms with Crippen molar-refractivity contribution in [3.8, 4) is 17.2 Å². The lowest BCUT2D eigenvalue weighted by Crippen LogP contribution is -2.40. The Balaban J connectivity index is 1.87. The Kier molecular flexibility index (Phi) is 8.01. The fourth-order valence-corrected chi connectivity index (χ4v) is 5.06. The van der Waals surface area contributed by atoms with Gasteiger partial charge in [0.25, 0.3) is 10.0 Å². The number of para-hydroxylation sites is 1. The van der Waals surface area contributed by atoms with Crippen LogP contribution in [0.2, 0.25) is 0 Å². The molecule has 1 N–H and O–H groups in total. The molecule has 0 atom stereocenters. The zero-order valence-electron chi connectivity index (χ0n) is 19.6. The van der Waals surface area contributed by atoms with Crippen molar-refractivity contribution in [2.45, 2.75) is 18.4 Å². The lowest BCUT2D eigenvalue weighted by molar-refractivity contribution is -0.119. The van der Waals surface area contributed by atoms with E-state index in [-0.39, 0.29) is 17.2 Å². The van der Waals surface area contributed by atoms with Gasteiger partial charge in [0.15, 0.2) is 11.5 Å². The molecule has 0 aromatic heterocycles. The highest BCUT2D eigenvalue weighted by atomic mass is 32.2. The minimum absolute atomic E-state index is 0.00783. The molecule has 0 spiro atoms. The van der Waals surface area contributed by atoms with Crippen molar-refractivity contribution in [3.63, 3.8) is 0 Å². The van der Waals surface area contributed by atoms with Crippen LogP contribution in [0.5, 0.6) is 17.2 Å². The van der Waals surface area contributed by atoms with Crippen LogP contribution in [-0.2, 0) is 21.4 Å². The van der Waals surface area contributed by atoms with Gasteiger partial charge in [-0.05, 0) is 54.4 Å². The number of hydrogen-bond acceptors (Lipinski definition) is 6. The first-order chi connectivity index (χ1) is 16.3. The summed E-state index contributed by atoms with van der Waals surface area (Å²) in [5, 5.41) is 2.78. The van der Waals surface area contributed by atoms with Crippen molar-refractivity contribution in [1.82, 2.24) is 5.32 Å². The number of carbonyl (C=O) groups is 1. The fraction of sp³-hybridized carbons (Fsp3) is 0.240. The first kappa shape index (κ1) is 24.9. The van der Waals surface area contributed by atoms with Gasteiger partial charge in [0.2, 0.25) is 5.91 Å². The van der Waals surface area contributed by atoms with Gasteiger partial charge in [0.05, 0.1) is 27.0 Å². The van der Waals surface area contributed by atoms with Gasteiger partial charge in [0.1, 0.15) is 17.2 Å². The van der Waals surface area contributed by atoms with E-state index in [1.807, 2.05) is 0 Å². The summed E-state index contributed by atoms with van der Waals surface area (Å²) in [6, 6.07) is 18.7. The summed E-state index contributed by atoms with van der Waals surface area (Å²) in [6.07, 6.45) is 0. The Hall–Kier alpha value is -3.72. The number of methoxy groups -OCH3 is 3. The summed E-state index contributed by atoms with van der Waals surface area (Å²) in [7, 11) is 0.376. The zero-order valence-corrected chi connectivity index (χ0v) is 20.4. The molecule has 180 valence electrons. The Labute approximate surface area is 200 Å². The Morgan fingerprint density at radius 2 is 1.50 bits per heavy atom. The van der Waals surface area contributed by atoms with E-state index < -0.39 is 22.5 Å². The van der Waals surface area contributed by atoms with E-state index in [1.165, 1.54) is 20.3 Å². The number of carbonyl (C=O) groups excluding carboxylic acids is 1. The number of nitrogens with one attached hydrogen (secondary N) is 1. The lowest BCUT2D eigenvalue weighted by Gasteiger charge is -2.25. The summed E-state index contributed by atoms with van der Waals surface area (Å²) in [6.45, 7) is 1.58. The van der Waals surface area contributed by atoms with E-state index in [1.54, 1.807) is 74.7 Å². The van der Waals surface area contributed by atoms with Gasteiger partial charge < -0.3 is 19.5 Å². The molecular formula is C25H28N2O6S. The minimum Gasteiger partial charge on any atom is -0.495 e. The van der Waals surface area contributed by atoms with Gasteiger partial charge in [-0.3, -0.25) is 9.10 Å². The molecule has 0 bridgehead atoms. The van der Waals surface area contributed by atoms with E-state index in [0.717, 1.165) is 15.4 Å². The Morgan fingerprint density at radius 3 is 2.15 bits per heavy atom. The number of sulfonamides is 1. The molecule has 9 heteroatoms. The van der Waals surface area contributed by atoms with E-state index in [0.29, 0.717) is 17.2 Å². The van der Waals surface area contributed by atoms with Crippen LogP contribution in [0.1, 0.15) is 11.1 Å². The Morgan fingerprint density at radius 1 is 0.853 bits per heavy atom. The van der Waals surface area contributed by atoms with Crippen LogP contribution >= 0.6 is 0 Å². The number of rotatable bonds is 10. The molecule has 0 aliphatic rings. The largest absolute Gasteiger partial charge is 0.495 e. The van der Waals surface area contributed by atoms with Crippen LogP contribution in [-0.4, -0.2) is 42.2 Å². The SMILES string of the molecule is COc1ccc(CNC(=O)CN(c2ccccc2)S(=O)(=O)c2cc(C)ccc2OC)cc1OC. The van der Waals surface area contributed by atoms with Crippen molar-refractivity contribution in [3.05, 3.63) is 77.9 Å². The molecule has 0 saturated heterocycles. The molecule has 0 radical (unpaired) electrons. The second-order valence-corrected chi connectivity index (χ2v) is 9.30. The summed E-state index contributed by atoms with van der Waals surface area (Å²) in [4.78, 5) is 12.9. The second-order valence-electron chi connectivity index (χ2n) is 7.47. The predicted molar refractivity (Wildman–Crippen MR) is 130 cm³/mol. The van der Waals surface area contributed by atoms with E-state index in [4.69, 9.17) is 14.2 Å². The van der Waals surface area contributed by atoms with Gasteiger partial charge in [0, 0.05) is 6.54 Å². The zero-order chi connectivity index (χ0) is 24.7. The fourth-order valence-electron chi connectivity index (χ4n) is 3.39. The summed E-state index contributed by atoms with van der Waals surface area (Å²) >= 11 is 0. The highest BCUT2D eigenvalue weighted by molar-refractivity contribution is 7.93. The highest BCUT2D eigenvalue weighted by Crippen LogP contribution is 2.31. The molecule has 3 aromatic rings. The van der Waals surface area contributed by atoms with Gasteiger partial charge in [-0.1, -0.05) is 30.3 Å². The average Bonchev–Trinajstić information content (AvgIpc) is 2.86. The number of benzene rings is 3. The first-order valence-electron chi connectivity index (χ1n) is 10.5. The molecule has 0 heterocycles. The number of nitrogens with zero attached hydrogens (tertiary/aromatic N) is 1. The summed E-state index contributed by atoms with van der Waals surface area (Å²) in [5.74, 6) is 0.853. The molecule has 34 heavy (non-hydrogen) atoms. The van der Waals surface area contributed by atoms with Crippen molar-refractivity contribution in [2.75, 3.05) is 32.2 Å². The smallest absolute Gasteiger partial charge is 0.268 e. The molecule has 0 aliphatic heterocycles. The first-order valence-corrected chi connectivity index (χ1v) is 11.9. The molecule has 0 fully saturated rings. The third-order valence-electron chi connectivity index (χ3n) is 5.16. The van der Waals surface area contributed by atoms with Crippen LogP contribution < -0.4 is 23.8 Å². The van der Waals surface area contributed by atoms with Crippen molar-refractivity contribution >= 4 is 21.6 Å². The van der Waals surface area contributed by atoms with Crippen LogP contribution in [0.25, 0.3) is 0 Å². The molecule has 3 aromatic carbocycles. The maximum atomic E-state index is 13.7. The average molecular weight is 485 g/mol. The third kappa shape index (κ3) is 5.60. The van der Waals surface area contributed by atoms with Gasteiger partial charge in [-0.2, -0.15) is 0 Å². The van der Waals surface area contributed by atoms with E-state index in [2.05, 4.69) is 5.32 Å². The van der Waals surface area contributed by atoms with Gasteiger partial charge >= 0.3 is 0 Å². The van der Waals surface area contributed by atoms with Gasteiger partial charge in [-0.15, -0.1) is 0 Å².